The van der Waals surface area contributed by atoms with Gasteiger partial charge in [0.05, 0.1) is 35.8 Å². The van der Waals surface area contributed by atoms with Gasteiger partial charge in [0.1, 0.15) is 10.6 Å². The van der Waals surface area contributed by atoms with E-state index in [0.717, 1.165) is 11.4 Å². The number of carbonyl (C=O) groups is 1. The molecule has 0 aliphatic rings. The van der Waals surface area contributed by atoms with Crippen LogP contribution in [0.1, 0.15) is 21.1 Å². The number of hydrogen-bond donors (Lipinski definition) is 1. The van der Waals surface area contributed by atoms with Crippen molar-refractivity contribution >= 4 is 17.2 Å². The molecule has 3 aromatic heterocycles. The first-order valence-electron chi connectivity index (χ1n) is 6.24. The van der Waals surface area contributed by atoms with Crippen LogP contribution in [-0.4, -0.2) is 30.9 Å². The van der Waals surface area contributed by atoms with Gasteiger partial charge in [0.15, 0.2) is 0 Å². The van der Waals surface area contributed by atoms with Crippen molar-refractivity contribution in [2.24, 2.45) is 0 Å². The Balaban J connectivity index is 1.66. The van der Waals surface area contributed by atoms with Gasteiger partial charge in [-0.3, -0.25) is 9.78 Å². The molecule has 0 saturated heterocycles. The molecule has 0 bridgehead atoms. The normalized spacial score (nSPS) is 10.5. The molecule has 0 aromatic carbocycles. The van der Waals surface area contributed by atoms with Crippen molar-refractivity contribution in [3.63, 3.8) is 0 Å². The maximum absolute atomic E-state index is 12.0. The topological polar surface area (TPSA) is 85.6 Å². The third-order valence-corrected chi connectivity index (χ3v) is 3.76. The maximum atomic E-state index is 12.0. The van der Waals surface area contributed by atoms with Crippen LogP contribution in [0.15, 0.2) is 36.2 Å². The molecule has 0 spiro atoms. The van der Waals surface area contributed by atoms with Crippen LogP contribution >= 0.6 is 11.3 Å². The van der Waals surface area contributed by atoms with Crippen molar-refractivity contribution in [1.29, 1.82) is 0 Å². The van der Waals surface area contributed by atoms with Crippen LogP contribution in [0.3, 0.4) is 0 Å². The molecule has 3 aromatic rings. The number of thiazole rings is 1. The second-order valence-corrected chi connectivity index (χ2v) is 5.17. The second-order valence-electron chi connectivity index (χ2n) is 4.32. The monoisotopic (exact) mass is 300 g/mol. The molecule has 0 aliphatic carbocycles. The van der Waals surface area contributed by atoms with Gasteiger partial charge < -0.3 is 5.32 Å². The van der Waals surface area contributed by atoms with E-state index in [-0.39, 0.29) is 5.91 Å². The molecule has 1 N–H and O–H groups in total. The summed E-state index contributed by atoms with van der Waals surface area (Å²) in [4.78, 5) is 20.7. The zero-order valence-corrected chi connectivity index (χ0v) is 12.0. The summed E-state index contributed by atoms with van der Waals surface area (Å²) in [5.74, 6) is -0.147. The highest BCUT2D eigenvalue weighted by Crippen LogP contribution is 2.11. The minimum Gasteiger partial charge on any atom is -0.345 e. The summed E-state index contributed by atoms with van der Waals surface area (Å²) in [5, 5.41) is 10.8. The second kappa shape index (κ2) is 5.80. The van der Waals surface area contributed by atoms with Crippen LogP contribution in [-0.2, 0) is 6.54 Å². The lowest BCUT2D eigenvalue weighted by Crippen LogP contribution is -2.22. The summed E-state index contributed by atoms with van der Waals surface area (Å²) < 4.78 is 1.62. The predicted molar refractivity (Wildman–Crippen MR) is 77.2 cm³/mol. The number of hydrogen-bond acceptors (Lipinski definition) is 6. The summed E-state index contributed by atoms with van der Waals surface area (Å²) in [5.41, 5.74) is 3.88. The molecular formula is C13H12N6OS. The number of rotatable bonds is 4. The van der Waals surface area contributed by atoms with Gasteiger partial charge in [-0.2, -0.15) is 0 Å². The maximum Gasteiger partial charge on any atom is 0.263 e. The van der Waals surface area contributed by atoms with Crippen LogP contribution in [0, 0.1) is 6.92 Å². The summed E-state index contributed by atoms with van der Waals surface area (Å²) >= 11 is 1.32. The molecule has 0 fully saturated rings. The first-order chi connectivity index (χ1) is 10.2. The smallest absolute Gasteiger partial charge is 0.263 e. The largest absolute Gasteiger partial charge is 0.345 e. The molecule has 106 valence electrons. The van der Waals surface area contributed by atoms with Gasteiger partial charge >= 0.3 is 0 Å². The zero-order valence-electron chi connectivity index (χ0n) is 11.2. The number of amides is 1. The number of nitrogens with one attached hydrogen (secondary N) is 1. The van der Waals surface area contributed by atoms with Crippen molar-refractivity contribution < 1.29 is 4.79 Å². The minimum atomic E-state index is -0.147. The molecule has 21 heavy (non-hydrogen) atoms. The van der Waals surface area contributed by atoms with Crippen molar-refractivity contribution in [2.75, 3.05) is 0 Å². The first-order valence-corrected chi connectivity index (χ1v) is 7.12. The number of nitrogens with zero attached hydrogens (tertiary/aromatic N) is 5. The van der Waals surface area contributed by atoms with Gasteiger partial charge in [-0.1, -0.05) is 5.21 Å². The molecule has 7 nitrogen and oxygen atoms in total. The molecule has 0 unspecified atom stereocenters. The molecule has 0 saturated carbocycles. The molecule has 8 heteroatoms. The summed E-state index contributed by atoms with van der Waals surface area (Å²) in [6, 6.07) is 3.70. The Morgan fingerprint density at radius 2 is 2.38 bits per heavy atom. The fourth-order valence-electron chi connectivity index (χ4n) is 1.77. The highest BCUT2D eigenvalue weighted by atomic mass is 32.1. The Labute approximate surface area is 124 Å². The van der Waals surface area contributed by atoms with E-state index in [9.17, 15) is 4.79 Å². The molecule has 0 radical (unpaired) electrons. The average Bonchev–Trinajstić information content (AvgIpc) is 3.15. The highest BCUT2D eigenvalue weighted by Gasteiger charge is 2.12. The summed E-state index contributed by atoms with van der Waals surface area (Å²) in [7, 11) is 0. The van der Waals surface area contributed by atoms with Gasteiger partial charge in [0.2, 0.25) is 0 Å². The summed E-state index contributed by atoms with van der Waals surface area (Å²) in [6.07, 6.45) is 5.15. The van der Waals surface area contributed by atoms with Gasteiger partial charge in [-0.05, 0) is 19.1 Å². The van der Waals surface area contributed by atoms with E-state index >= 15 is 0 Å². The Morgan fingerprint density at radius 1 is 1.48 bits per heavy atom. The van der Waals surface area contributed by atoms with E-state index in [0.29, 0.717) is 17.1 Å². The fraction of sp³-hybridized carbons (Fsp3) is 0.154. The van der Waals surface area contributed by atoms with E-state index in [2.05, 4.69) is 25.6 Å². The SMILES string of the molecule is Cc1ncsc1C(=O)NCc1cn(-c2cccnc2)nn1. The first kappa shape index (κ1) is 13.4. The summed E-state index contributed by atoms with van der Waals surface area (Å²) in [6.45, 7) is 2.13. The van der Waals surface area contributed by atoms with E-state index in [4.69, 9.17) is 0 Å². The van der Waals surface area contributed by atoms with Crippen molar-refractivity contribution in [3.8, 4) is 5.69 Å². The van der Waals surface area contributed by atoms with Gasteiger partial charge in [0.25, 0.3) is 5.91 Å². The lowest BCUT2D eigenvalue weighted by Gasteiger charge is -2.00. The van der Waals surface area contributed by atoms with E-state index < -0.39 is 0 Å². The van der Waals surface area contributed by atoms with Crippen LogP contribution in [0.25, 0.3) is 5.69 Å². The Hall–Kier alpha value is -2.61. The number of aromatic nitrogens is 5. The average molecular weight is 300 g/mol. The number of aryl methyl sites for hydroxylation is 1. The van der Waals surface area contributed by atoms with Gasteiger partial charge in [-0.25, -0.2) is 9.67 Å². The third kappa shape index (κ3) is 2.95. The van der Waals surface area contributed by atoms with E-state index in [1.54, 1.807) is 28.8 Å². The lowest BCUT2D eigenvalue weighted by atomic mass is 10.3. The minimum absolute atomic E-state index is 0.147. The molecule has 3 heterocycles. The van der Waals surface area contributed by atoms with Crippen LogP contribution in [0.2, 0.25) is 0 Å². The zero-order chi connectivity index (χ0) is 14.7. The molecular weight excluding hydrogens is 288 g/mol. The predicted octanol–water partition coefficient (Wildman–Crippen LogP) is 1.36. The lowest BCUT2D eigenvalue weighted by molar-refractivity contribution is 0.0953. The molecule has 3 rings (SSSR count). The number of pyridine rings is 1. The van der Waals surface area contributed by atoms with Gasteiger partial charge in [-0.15, -0.1) is 16.4 Å². The molecule has 0 aliphatic heterocycles. The quantitative estimate of drug-likeness (QED) is 0.786. The standard InChI is InChI=1S/C13H12N6OS/c1-9-12(21-8-16-9)13(20)15-5-10-7-19(18-17-10)11-3-2-4-14-6-11/h2-4,6-8H,5H2,1H3,(H,15,20). The van der Waals surface area contributed by atoms with Crippen molar-refractivity contribution in [2.45, 2.75) is 13.5 Å². The van der Waals surface area contributed by atoms with Crippen LogP contribution in [0.5, 0.6) is 0 Å². The Bertz CT molecular complexity index is 751. The van der Waals surface area contributed by atoms with Gasteiger partial charge in [0, 0.05) is 6.20 Å². The highest BCUT2D eigenvalue weighted by molar-refractivity contribution is 7.11. The Morgan fingerprint density at radius 3 is 3.10 bits per heavy atom. The van der Waals surface area contributed by atoms with Crippen LogP contribution < -0.4 is 5.32 Å². The molecule has 0 atom stereocenters. The van der Waals surface area contributed by atoms with E-state index in [1.165, 1.54) is 11.3 Å². The number of carbonyl (C=O) groups excluding carboxylic acids is 1. The van der Waals surface area contributed by atoms with E-state index in [1.807, 2.05) is 19.1 Å². The van der Waals surface area contributed by atoms with Crippen molar-refractivity contribution in [3.05, 3.63) is 52.5 Å². The molecule has 1 amide bonds. The fourth-order valence-corrected chi connectivity index (χ4v) is 2.48. The Kier molecular flexibility index (Phi) is 3.69. The van der Waals surface area contributed by atoms with Crippen molar-refractivity contribution in [1.82, 2.24) is 30.3 Å². The van der Waals surface area contributed by atoms with Crippen LogP contribution in [0.4, 0.5) is 0 Å². The third-order valence-electron chi connectivity index (χ3n) is 2.83.